The molecule has 17 heavy (non-hydrogen) atoms. The van der Waals surface area contributed by atoms with Gasteiger partial charge in [-0.2, -0.15) is 0 Å². The molecule has 5 heteroatoms. The summed E-state index contributed by atoms with van der Waals surface area (Å²) in [5.74, 6) is 0.262. The number of fused-ring (bicyclic) bond motifs is 1. The second-order valence-corrected chi connectivity index (χ2v) is 4.50. The quantitative estimate of drug-likeness (QED) is 0.839. The van der Waals surface area contributed by atoms with Gasteiger partial charge in [-0.25, -0.2) is 4.98 Å². The maximum absolute atomic E-state index is 11.3. The summed E-state index contributed by atoms with van der Waals surface area (Å²) in [7, 11) is 0. The van der Waals surface area contributed by atoms with Crippen LogP contribution in [0, 0.1) is 0 Å². The van der Waals surface area contributed by atoms with E-state index in [1.54, 1.807) is 6.20 Å². The predicted octanol–water partition coefficient (Wildman–Crippen LogP) is 1.34. The molecule has 1 aromatic rings. The summed E-state index contributed by atoms with van der Waals surface area (Å²) in [6.45, 7) is 4.37. The lowest BCUT2D eigenvalue weighted by atomic mass is 10.1. The second-order valence-electron chi connectivity index (χ2n) is 4.50. The number of rotatable bonds is 5. The van der Waals surface area contributed by atoms with Crippen molar-refractivity contribution >= 4 is 5.97 Å². The highest BCUT2D eigenvalue weighted by atomic mass is 16.4. The monoisotopic (exact) mass is 237 g/mol. The number of imidazole rings is 1. The van der Waals surface area contributed by atoms with Crippen molar-refractivity contribution in [2.75, 3.05) is 6.54 Å². The van der Waals surface area contributed by atoms with Crippen LogP contribution in [0.2, 0.25) is 0 Å². The zero-order chi connectivity index (χ0) is 12.3. The molecular formula is C12H19N3O2. The van der Waals surface area contributed by atoms with Crippen molar-refractivity contribution in [1.82, 2.24) is 14.5 Å². The molecule has 1 aliphatic rings. The van der Waals surface area contributed by atoms with Gasteiger partial charge in [-0.05, 0) is 6.42 Å². The Hall–Kier alpha value is -1.36. The second kappa shape index (κ2) is 5.31. The van der Waals surface area contributed by atoms with E-state index in [1.807, 2.05) is 11.1 Å². The predicted molar refractivity (Wildman–Crippen MR) is 63.6 cm³/mol. The van der Waals surface area contributed by atoms with Crippen LogP contribution in [-0.2, 0) is 17.9 Å². The topological polar surface area (TPSA) is 58.4 Å². The number of aromatic nitrogens is 2. The fourth-order valence-electron chi connectivity index (χ4n) is 2.32. The lowest BCUT2D eigenvalue weighted by molar-refractivity contribution is -0.144. The Labute approximate surface area is 101 Å². The van der Waals surface area contributed by atoms with Gasteiger partial charge in [-0.1, -0.05) is 19.8 Å². The molecule has 1 aromatic heterocycles. The number of hydrogen-bond donors (Lipinski definition) is 1. The first-order chi connectivity index (χ1) is 8.22. The van der Waals surface area contributed by atoms with E-state index < -0.39 is 5.97 Å². The average molecular weight is 237 g/mol. The lowest BCUT2D eigenvalue weighted by Crippen LogP contribution is -2.45. The Kier molecular flexibility index (Phi) is 3.78. The zero-order valence-corrected chi connectivity index (χ0v) is 10.2. The van der Waals surface area contributed by atoms with Gasteiger partial charge in [0, 0.05) is 25.5 Å². The summed E-state index contributed by atoms with van der Waals surface area (Å²) in [5, 5.41) is 9.28. The zero-order valence-electron chi connectivity index (χ0n) is 10.2. The molecule has 0 saturated heterocycles. The van der Waals surface area contributed by atoms with E-state index in [0.717, 1.165) is 38.2 Å². The van der Waals surface area contributed by atoms with Gasteiger partial charge < -0.3 is 9.67 Å². The number of hydrogen-bond acceptors (Lipinski definition) is 3. The molecule has 0 bridgehead atoms. The fourth-order valence-corrected chi connectivity index (χ4v) is 2.32. The number of unbranched alkanes of at least 4 members (excludes halogenated alkanes) is 1. The number of carboxylic acid groups (broad SMARTS) is 1. The van der Waals surface area contributed by atoms with Gasteiger partial charge in [-0.15, -0.1) is 0 Å². The highest BCUT2D eigenvalue weighted by molar-refractivity contribution is 5.73. The van der Waals surface area contributed by atoms with Crippen LogP contribution >= 0.6 is 0 Å². The van der Waals surface area contributed by atoms with Crippen LogP contribution in [0.3, 0.4) is 0 Å². The third-order valence-corrected chi connectivity index (χ3v) is 3.33. The van der Waals surface area contributed by atoms with Gasteiger partial charge in [0.2, 0.25) is 0 Å². The van der Waals surface area contributed by atoms with E-state index in [0.29, 0.717) is 6.54 Å². The third-order valence-electron chi connectivity index (χ3n) is 3.33. The Morgan fingerprint density at radius 1 is 1.59 bits per heavy atom. The van der Waals surface area contributed by atoms with Gasteiger partial charge in [0.25, 0.3) is 0 Å². The number of carboxylic acids is 1. The van der Waals surface area contributed by atoms with Crippen molar-refractivity contribution in [2.45, 2.75) is 45.3 Å². The molecular weight excluding hydrogens is 218 g/mol. The van der Waals surface area contributed by atoms with Crippen LogP contribution in [0.15, 0.2) is 12.4 Å². The minimum absolute atomic E-state index is 0.361. The molecule has 1 aliphatic heterocycles. The first kappa shape index (κ1) is 12.1. The maximum atomic E-state index is 11.3. The van der Waals surface area contributed by atoms with Crippen molar-refractivity contribution < 1.29 is 9.90 Å². The Morgan fingerprint density at radius 3 is 3.12 bits per heavy atom. The van der Waals surface area contributed by atoms with Crippen LogP contribution in [0.25, 0.3) is 0 Å². The molecule has 0 aromatic carbocycles. The minimum atomic E-state index is -0.710. The van der Waals surface area contributed by atoms with E-state index in [-0.39, 0.29) is 6.04 Å². The molecule has 1 N–H and O–H groups in total. The molecule has 0 amide bonds. The van der Waals surface area contributed by atoms with Crippen molar-refractivity contribution in [3.05, 3.63) is 18.2 Å². The third kappa shape index (κ3) is 2.66. The summed E-state index contributed by atoms with van der Waals surface area (Å²) in [6.07, 6.45) is 6.45. The summed E-state index contributed by atoms with van der Waals surface area (Å²) in [4.78, 5) is 17.6. The van der Waals surface area contributed by atoms with E-state index in [1.165, 1.54) is 0 Å². The van der Waals surface area contributed by atoms with Crippen molar-refractivity contribution in [2.24, 2.45) is 0 Å². The first-order valence-corrected chi connectivity index (χ1v) is 6.19. The molecule has 1 atom stereocenters. The normalized spacial score (nSPS) is 17.7. The molecule has 2 heterocycles. The summed E-state index contributed by atoms with van der Waals surface area (Å²) in [6, 6.07) is -0.361. The van der Waals surface area contributed by atoms with E-state index in [9.17, 15) is 9.90 Å². The number of aliphatic carboxylic acids is 1. The molecule has 5 nitrogen and oxygen atoms in total. The Balaban J connectivity index is 2.03. The molecule has 0 spiro atoms. The van der Waals surface area contributed by atoms with Crippen molar-refractivity contribution in [3.8, 4) is 0 Å². The largest absolute Gasteiger partial charge is 0.480 e. The molecule has 0 saturated carbocycles. The van der Waals surface area contributed by atoms with E-state index in [4.69, 9.17) is 0 Å². The average Bonchev–Trinajstić information content (AvgIpc) is 2.76. The van der Waals surface area contributed by atoms with Crippen LogP contribution in [0.5, 0.6) is 0 Å². The van der Waals surface area contributed by atoms with E-state index >= 15 is 0 Å². The molecule has 2 rings (SSSR count). The van der Waals surface area contributed by atoms with Crippen LogP contribution < -0.4 is 0 Å². The highest BCUT2D eigenvalue weighted by Gasteiger charge is 2.28. The summed E-state index contributed by atoms with van der Waals surface area (Å²) in [5.41, 5.74) is 0. The van der Waals surface area contributed by atoms with Crippen LogP contribution in [0.4, 0.5) is 0 Å². The molecule has 1 unspecified atom stereocenters. The maximum Gasteiger partial charge on any atom is 0.320 e. The molecule has 0 radical (unpaired) electrons. The standard InChI is InChI=1S/C12H19N3O2/c1-2-3-4-10(12(16)17)15-8-7-14-6-5-13-11(14)9-15/h5-6,10H,2-4,7-9H2,1H3,(H,16,17). The van der Waals surface area contributed by atoms with Crippen molar-refractivity contribution in [3.63, 3.8) is 0 Å². The molecule has 0 fully saturated rings. The fraction of sp³-hybridized carbons (Fsp3) is 0.667. The van der Waals surface area contributed by atoms with Gasteiger partial charge >= 0.3 is 5.97 Å². The number of nitrogens with zero attached hydrogens (tertiary/aromatic N) is 3. The highest BCUT2D eigenvalue weighted by Crippen LogP contribution is 2.17. The SMILES string of the molecule is CCCCC(C(=O)O)N1CCn2ccnc2C1. The lowest BCUT2D eigenvalue weighted by Gasteiger charge is -2.32. The van der Waals surface area contributed by atoms with Gasteiger partial charge in [-0.3, -0.25) is 9.69 Å². The van der Waals surface area contributed by atoms with Crippen molar-refractivity contribution in [1.29, 1.82) is 0 Å². The number of carbonyl (C=O) groups is 1. The first-order valence-electron chi connectivity index (χ1n) is 6.19. The Morgan fingerprint density at radius 2 is 2.41 bits per heavy atom. The summed E-state index contributed by atoms with van der Waals surface area (Å²) < 4.78 is 2.09. The van der Waals surface area contributed by atoms with Gasteiger partial charge in [0.15, 0.2) is 0 Å². The summed E-state index contributed by atoms with van der Waals surface area (Å²) >= 11 is 0. The van der Waals surface area contributed by atoms with Gasteiger partial charge in [0.1, 0.15) is 11.9 Å². The van der Waals surface area contributed by atoms with E-state index in [2.05, 4.69) is 16.5 Å². The molecule has 0 aliphatic carbocycles. The minimum Gasteiger partial charge on any atom is -0.480 e. The Bertz CT molecular complexity index is 389. The molecule has 94 valence electrons. The smallest absolute Gasteiger partial charge is 0.320 e. The van der Waals surface area contributed by atoms with Gasteiger partial charge in [0.05, 0.1) is 6.54 Å². The van der Waals surface area contributed by atoms with Crippen LogP contribution in [-0.4, -0.2) is 38.1 Å². The van der Waals surface area contributed by atoms with Crippen LogP contribution in [0.1, 0.15) is 32.0 Å².